The zero-order valence-corrected chi connectivity index (χ0v) is 9.00. The summed E-state index contributed by atoms with van der Waals surface area (Å²) < 4.78 is 7.27. The first kappa shape index (κ1) is 9.84. The molecule has 2 aliphatic rings. The monoisotopic (exact) mass is 221 g/mol. The predicted molar refractivity (Wildman–Crippen MR) is 58.4 cm³/mol. The van der Waals surface area contributed by atoms with Gasteiger partial charge in [-0.05, 0) is 25.7 Å². The molecule has 0 radical (unpaired) electrons. The first-order valence-electron chi connectivity index (χ1n) is 5.73. The van der Waals surface area contributed by atoms with Gasteiger partial charge >= 0.3 is 5.56 Å². The zero-order valence-electron chi connectivity index (χ0n) is 9.00. The molecule has 5 nitrogen and oxygen atoms in total. The Morgan fingerprint density at radius 2 is 2.19 bits per heavy atom. The molecule has 16 heavy (non-hydrogen) atoms. The molecule has 2 N–H and O–H groups in total. The lowest BCUT2D eigenvalue weighted by atomic mass is 9.90. The van der Waals surface area contributed by atoms with Crippen molar-refractivity contribution in [1.29, 1.82) is 0 Å². The summed E-state index contributed by atoms with van der Waals surface area (Å²) in [5.41, 5.74) is 5.56. The van der Waals surface area contributed by atoms with E-state index in [9.17, 15) is 4.79 Å². The van der Waals surface area contributed by atoms with Crippen molar-refractivity contribution >= 4 is 0 Å². The fourth-order valence-electron chi connectivity index (χ4n) is 1.99. The van der Waals surface area contributed by atoms with Crippen LogP contribution in [0.1, 0.15) is 31.7 Å². The van der Waals surface area contributed by atoms with E-state index in [2.05, 4.69) is 4.98 Å². The van der Waals surface area contributed by atoms with Gasteiger partial charge in [0.25, 0.3) is 5.88 Å². The molecule has 1 heterocycles. The van der Waals surface area contributed by atoms with Crippen LogP contribution in [0.25, 0.3) is 0 Å². The molecule has 5 heteroatoms. The Morgan fingerprint density at radius 3 is 2.81 bits per heavy atom. The number of nitrogens with zero attached hydrogens (tertiary/aromatic N) is 2. The van der Waals surface area contributed by atoms with Crippen LogP contribution < -0.4 is 16.0 Å². The third kappa shape index (κ3) is 1.71. The molecule has 0 atom stereocenters. The van der Waals surface area contributed by atoms with E-state index in [0.29, 0.717) is 6.04 Å². The highest BCUT2D eigenvalue weighted by atomic mass is 16.5. The Hall–Kier alpha value is -1.36. The Morgan fingerprint density at radius 1 is 1.44 bits per heavy atom. The van der Waals surface area contributed by atoms with Gasteiger partial charge in [0.05, 0.1) is 0 Å². The van der Waals surface area contributed by atoms with Gasteiger partial charge in [-0.15, -0.1) is 0 Å². The molecule has 0 saturated heterocycles. The number of hydrogen-bond acceptors (Lipinski definition) is 4. The summed E-state index contributed by atoms with van der Waals surface area (Å²) >= 11 is 0. The standard InChI is InChI=1S/C11H15N3O2/c12-7-5-9(6-7)16-10-11(15)14(4-3-13-10)8-1-2-8/h3-4,7-9H,1-2,5-6,12H2. The van der Waals surface area contributed by atoms with Crippen molar-refractivity contribution in [2.45, 2.75) is 43.9 Å². The van der Waals surface area contributed by atoms with Gasteiger partial charge < -0.3 is 15.0 Å². The normalized spacial score (nSPS) is 28.6. The van der Waals surface area contributed by atoms with Crippen LogP contribution in [-0.2, 0) is 0 Å². The van der Waals surface area contributed by atoms with Crippen LogP contribution in [0.4, 0.5) is 0 Å². The molecule has 0 amide bonds. The summed E-state index contributed by atoms with van der Waals surface area (Å²) in [6, 6.07) is 0.584. The van der Waals surface area contributed by atoms with Crippen LogP contribution in [-0.4, -0.2) is 21.7 Å². The topological polar surface area (TPSA) is 70.1 Å². The minimum atomic E-state index is -0.106. The number of aromatic nitrogens is 2. The molecule has 1 aromatic rings. The molecule has 2 aliphatic carbocycles. The van der Waals surface area contributed by atoms with Crippen LogP contribution in [0.3, 0.4) is 0 Å². The summed E-state index contributed by atoms with van der Waals surface area (Å²) in [5, 5.41) is 0. The Balaban J connectivity index is 1.78. The van der Waals surface area contributed by atoms with E-state index in [1.54, 1.807) is 17.0 Å². The van der Waals surface area contributed by atoms with Crippen molar-refractivity contribution in [3.63, 3.8) is 0 Å². The second-order valence-electron chi connectivity index (χ2n) is 4.65. The van der Waals surface area contributed by atoms with Gasteiger partial charge in [-0.1, -0.05) is 0 Å². The molecule has 0 spiro atoms. The molecule has 0 bridgehead atoms. The maximum Gasteiger partial charge on any atom is 0.313 e. The van der Waals surface area contributed by atoms with Crippen molar-refractivity contribution < 1.29 is 4.74 Å². The molecule has 0 aliphatic heterocycles. The molecule has 0 unspecified atom stereocenters. The van der Waals surface area contributed by atoms with Gasteiger partial charge in [0.15, 0.2) is 0 Å². The lowest BCUT2D eigenvalue weighted by molar-refractivity contribution is 0.0932. The molecule has 86 valence electrons. The fourth-order valence-corrected chi connectivity index (χ4v) is 1.99. The molecule has 2 saturated carbocycles. The van der Waals surface area contributed by atoms with Crippen LogP contribution >= 0.6 is 0 Å². The van der Waals surface area contributed by atoms with Gasteiger partial charge in [0.1, 0.15) is 6.10 Å². The van der Waals surface area contributed by atoms with Gasteiger partial charge in [-0.3, -0.25) is 4.79 Å². The molecule has 3 rings (SSSR count). The summed E-state index contributed by atoms with van der Waals surface area (Å²) in [6.45, 7) is 0. The van der Waals surface area contributed by atoms with E-state index >= 15 is 0 Å². The second-order valence-corrected chi connectivity index (χ2v) is 4.65. The second kappa shape index (κ2) is 3.59. The van der Waals surface area contributed by atoms with E-state index in [0.717, 1.165) is 25.7 Å². The minimum Gasteiger partial charge on any atom is -0.470 e. The number of rotatable bonds is 3. The van der Waals surface area contributed by atoms with Crippen LogP contribution in [0.2, 0.25) is 0 Å². The highest BCUT2D eigenvalue weighted by Gasteiger charge is 2.30. The van der Waals surface area contributed by atoms with Crippen molar-refractivity contribution in [3.05, 3.63) is 22.7 Å². The maximum absolute atomic E-state index is 12.0. The first-order chi connectivity index (χ1) is 7.74. The average molecular weight is 221 g/mol. The number of ether oxygens (including phenoxy) is 1. The largest absolute Gasteiger partial charge is 0.470 e. The summed E-state index contributed by atoms with van der Waals surface area (Å²) in [6.07, 6.45) is 7.24. The molecule has 2 fully saturated rings. The van der Waals surface area contributed by atoms with Gasteiger partial charge in [-0.25, -0.2) is 4.98 Å². The Labute approximate surface area is 93.2 Å². The zero-order chi connectivity index (χ0) is 11.1. The van der Waals surface area contributed by atoms with Crippen molar-refractivity contribution in [2.75, 3.05) is 0 Å². The lowest BCUT2D eigenvalue weighted by Gasteiger charge is -2.31. The van der Waals surface area contributed by atoms with Crippen LogP contribution in [0.15, 0.2) is 17.2 Å². The maximum atomic E-state index is 12.0. The quantitative estimate of drug-likeness (QED) is 0.804. The molecular weight excluding hydrogens is 206 g/mol. The summed E-state index contributed by atoms with van der Waals surface area (Å²) in [7, 11) is 0. The van der Waals surface area contributed by atoms with Gasteiger partial charge in [0, 0.05) is 24.5 Å². The third-order valence-corrected chi connectivity index (χ3v) is 3.19. The Kier molecular flexibility index (Phi) is 2.21. The first-order valence-corrected chi connectivity index (χ1v) is 5.73. The Bertz CT molecular complexity index is 447. The van der Waals surface area contributed by atoms with E-state index in [4.69, 9.17) is 10.5 Å². The van der Waals surface area contributed by atoms with Crippen LogP contribution in [0, 0.1) is 0 Å². The number of hydrogen-bond donors (Lipinski definition) is 1. The number of nitrogens with two attached hydrogens (primary N) is 1. The SMILES string of the molecule is NC1CC(Oc2nccn(C3CC3)c2=O)C1. The minimum absolute atomic E-state index is 0.0743. The van der Waals surface area contributed by atoms with E-state index in [-0.39, 0.29) is 23.6 Å². The highest BCUT2D eigenvalue weighted by Crippen LogP contribution is 2.33. The van der Waals surface area contributed by atoms with Gasteiger partial charge in [-0.2, -0.15) is 0 Å². The van der Waals surface area contributed by atoms with Crippen molar-refractivity contribution in [1.82, 2.24) is 9.55 Å². The molecule has 1 aromatic heterocycles. The lowest BCUT2D eigenvalue weighted by Crippen LogP contribution is -2.44. The molecular formula is C11H15N3O2. The van der Waals surface area contributed by atoms with E-state index in [1.165, 1.54) is 0 Å². The molecule has 0 aromatic carbocycles. The fraction of sp³-hybridized carbons (Fsp3) is 0.636. The van der Waals surface area contributed by atoms with Crippen molar-refractivity contribution in [2.24, 2.45) is 5.73 Å². The highest BCUT2D eigenvalue weighted by molar-refractivity contribution is 5.08. The summed E-state index contributed by atoms with van der Waals surface area (Å²) in [4.78, 5) is 16.0. The predicted octanol–water partition coefficient (Wildman–Crippen LogP) is 0.447. The smallest absolute Gasteiger partial charge is 0.313 e. The van der Waals surface area contributed by atoms with E-state index < -0.39 is 0 Å². The van der Waals surface area contributed by atoms with E-state index in [1.807, 2.05) is 0 Å². The van der Waals surface area contributed by atoms with Crippen molar-refractivity contribution in [3.8, 4) is 5.88 Å². The third-order valence-electron chi connectivity index (χ3n) is 3.19. The van der Waals surface area contributed by atoms with Crippen LogP contribution in [0.5, 0.6) is 5.88 Å². The average Bonchev–Trinajstić information content (AvgIpc) is 3.02. The summed E-state index contributed by atoms with van der Waals surface area (Å²) in [5.74, 6) is 0.228. The van der Waals surface area contributed by atoms with Gasteiger partial charge in [0.2, 0.25) is 0 Å².